The van der Waals surface area contributed by atoms with Gasteiger partial charge in [0.15, 0.2) is 0 Å². The van der Waals surface area contributed by atoms with Gasteiger partial charge in [-0.25, -0.2) is 4.68 Å². The lowest BCUT2D eigenvalue weighted by molar-refractivity contribution is -0.00714. The average Bonchev–Trinajstić information content (AvgIpc) is 3.04. The van der Waals surface area contributed by atoms with Gasteiger partial charge in [0.1, 0.15) is 5.69 Å². The summed E-state index contributed by atoms with van der Waals surface area (Å²) in [7, 11) is 1.84. The van der Waals surface area contributed by atoms with Crippen molar-refractivity contribution < 1.29 is 9.53 Å². The minimum atomic E-state index is -0.0775. The van der Waals surface area contributed by atoms with Crippen molar-refractivity contribution in [2.45, 2.75) is 52.0 Å². The van der Waals surface area contributed by atoms with E-state index in [1.165, 1.54) is 0 Å². The summed E-state index contributed by atoms with van der Waals surface area (Å²) in [4.78, 5) is 15.1. The molecule has 24 heavy (non-hydrogen) atoms. The van der Waals surface area contributed by atoms with Crippen molar-refractivity contribution in [3.05, 3.63) is 28.8 Å². The fourth-order valence-corrected chi connectivity index (χ4v) is 3.73. The van der Waals surface area contributed by atoms with Crippen molar-refractivity contribution in [1.82, 2.24) is 29.7 Å². The SMILES string of the molecule is C[C@@H]1Cc2c(nn(C)c2C(=O)N2CCCn3nncc3C2)[C@H](C)O1. The zero-order valence-electron chi connectivity index (χ0n) is 14.3. The highest BCUT2D eigenvalue weighted by molar-refractivity contribution is 5.94. The Morgan fingerprint density at radius 2 is 2.17 bits per heavy atom. The van der Waals surface area contributed by atoms with Gasteiger partial charge in [-0.3, -0.25) is 9.48 Å². The minimum absolute atomic E-state index is 0.0298. The van der Waals surface area contributed by atoms with Crippen LogP contribution in [0.2, 0.25) is 0 Å². The van der Waals surface area contributed by atoms with E-state index in [4.69, 9.17) is 4.74 Å². The molecular formula is C16H22N6O2. The molecule has 1 amide bonds. The smallest absolute Gasteiger partial charge is 0.272 e. The molecule has 0 fully saturated rings. The molecule has 0 radical (unpaired) electrons. The first-order valence-corrected chi connectivity index (χ1v) is 8.42. The third kappa shape index (κ3) is 2.41. The molecule has 0 N–H and O–H groups in total. The second kappa shape index (κ2) is 5.70. The predicted octanol–water partition coefficient (Wildman–Crippen LogP) is 1.08. The lowest BCUT2D eigenvalue weighted by atomic mass is 9.99. The molecule has 0 aliphatic carbocycles. The summed E-state index contributed by atoms with van der Waals surface area (Å²) in [5.41, 5.74) is 3.58. The summed E-state index contributed by atoms with van der Waals surface area (Å²) < 4.78 is 9.43. The van der Waals surface area contributed by atoms with Gasteiger partial charge in [0.2, 0.25) is 0 Å². The third-order valence-electron chi connectivity index (χ3n) is 4.83. The molecular weight excluding hydrogens is 308 g/mol. The maximum absolute atomic E-state index is 13.2. The van der Waals surface area contributed by atoms with Crippen LogP contribution in [0.1, 0.15) is 53.8 Å². The normalized spacial score (nSPS) is 23.5. The Morgan fingerprint density at radius 1 is 1.33 bits per heavy atom. The van der Waals surface area contributed by atoms with Crippen LogP contribution in [-0.4, -0.2) is 48.2 Å². The van der Waals surface area contributed by atoms with E-state index in [9.17, 15) is 4.79 Å². The Morgan fingerprint density at radius 3 is 3.00 bits per heavy atom. The fraction of sp³-hybridized carbons (Fsp3) is 0.625. The molecule has 2 atom stereocenters. The van der Waals surface area contributed by atoms with Crippen LogP contribution in [0.15, 0.2) is 6.20 Å². The minimum Gasteiger partial charge on any atom is -0.369 e. The fourth-order valence-electron chi connectivity index (χ4n) is 3.73. The first kappa shape index (κ1) is 15.3. The Hall–Kier alpha value is -2.22. The van der Waals surface area contributed by atoms with Crippen molar-refractivity contribution in [2.24, 2.45) is 7.05 Å². The van der Waals surface area contributed by atoms with E-state index in [0.717, 1.165) is 36.3 Å². The number of rotatable bonds is 1. The highest BCUT2D eigenvalue weighted by atomic mass is 16.5. The number of fused-ring (bicyclic) bond motifs is 2. The van der Waals surface area contributed by atoms with E-state index < -0.39 is 0 Å². The number of nitrogens with zero attached hydrogens (tertiary/aromatic N) is 6. The van der Waals surface area contributed by atoms with Crippen LogP contribution < -0.4 is 0 Å². The Bertz CT molecular complexity index is 780. The van der Waals surface area contributed by atoms with Gasteiger partial charge in [0.05, 0.1) is 36.3 Å². The lowest BCUT2D eigenvalue weighted by Gasteiger charge is -2.26. The standard InChI is InChI=1S/C16H22N6O2/c1-10-7-13-14(11(2)24-10)18-20(3)15(13)16(23)21-5-4-6-22-12(9-21)8-17-19-22/h8,10-11H,4-7,9H2,1-3H3/t10-,11+/m1/s1. The van der Waals surface area contributed by atoms with E-state index in [1.54, 1.807) is 10.9 Å². The zero-order chi connectivity index (χ0) is 16.8. The van der Waals surface area contributed by atoms with Gasteiger partial charge in [-0.15, -0.1) is 5.10 Å². The number of hydrogen-bond donors (Lipinski definition) is 0. The van der Waals surface area contributed by atoms with Crippen LogP contribution in [-0.2, 0) is 31.3 Å². The van der Waals surface area contributed by atoms with Crippen molar-refractivity contribution in [3.8, 4) is 0 Å². The molecule has 8 heteroatoms. The molecule has 2 aliphatic rings. The van der Waals surface area contributed by atoms with E-state index in [0.29, 0.717) is 18.8 Å². The number of hydrogen-bond acceptors (Lipinski definition) is 5. The largest absolute Gasteiger partial charge is 0.369 e. The van der Waals surface area contributed by atoms with Crippen molar-refractivity contribution in [1.29, 1.82) is 0 Å². The number of amides is 1. The first-order valence-electron chi connectivity index (χ1n) is 8.42. The second-order valence-corrected chi connectivity index (χ2v) is 6.66. The van der Waals surface area contributed by atoms with Gasteiger partial charge in [0.25, 0.3) is 5.91 Å². The first-order chi connectivity index (χ1) is 11.5. The number of ether oxygens (including phenoxy) is 1. The molecule has 2 aromatic heterocycles. The zero-order valence-corrected chi connectivity index (χ0v) is 14.3. The van der Waals surface area contributed by atoms with Crippen LogP contribution in [0, 0.1) is 0 Å². The van der Waals surface area contributed by atoms with Gasteiger partial charge < -0.3 is 9.64 Å². The van der Waals surface area contributed by atoms with Gasteiger partial charge in [0, 0.05) is 32.1 Å². The summed E-state index contributed by atoms with van der Waals surface area (Å²) in [5, 5.41) is 12.6. The Balaban J connectivity index is 1.68. The highest BCUT2D eigenvalue weighted by Gasteiger charge is 2.33. The number of carbonyl (C=O) groups excluding carboxylic acids is 1. The predicted molar refractivity (Wildman–Crippen MR) is 85.3 cm³/mol. The average molecular weight is 330 g/mol. The van der Waals surface area contributed by atoms with E-state index in [1.807, 2.05) is 30.5 Å². The second-order valence-electron chi connectivity index (χ2n) is 6.66. The molecule has 0 spiro atoms. The van der Waals surface area contributed by atoms with Crippen molar-refractivity contribution in [3.63, 3.8) is 0 Å². The molecule has 8 nitrogen and oxygen atoms in total. The summed E-state index contributed by atoms with van der Waals surface area (Å²) >= 11 is 0. The van der Waals surface area contributed by atoms with Crippen LogP contribution in [0.4, 0.5) is 0 Å². The maximum atomic E-state index is 13.2. The van der Waals surface area contributed by atoms with Gasteiger partial charge in [-0.2, -0.15) is 5.10 Å². The molecule has 4 rings (SSSR count). The van der Waals surface area contributed by atoms with E-state index >= 15 is 0 Å². The highest BCUT2D eigenvalue weighted by Crippen LogP contribution is 2.32. The van der Waals surface area contributed by atoms with Gasteiger partial charge >= 0.3 is 0 Å². The van der Waals surface area contributed by atoms with E-state index in [2.05, 4.69) is 15.4 Å². The van der Waals surface area contributed by atoms with Crippen LogP contribution >= 0.6 is 0 Å². The van der Waals surface area contributed by atoms with Crippen molar-refractivity contribution in [2.75, 3.05) is 6.54 Å². The molecule has 0 saturated carbocycles. The van der Waals surface area contributed by atoms with Crippen LogP contribution in [0.5, 0.6) is 0 Å². The molecule has 0 aromatic carbocycles. The number of aromatic nitrogens is 5. The summed E-state index contributed by atoms with van der Waals surface area (Å²) in [6.45, 7) is 6.07. The molecule has 128 valence electrons. The van der Waals surface area contributed by atoms with Crippen LogP contribution in [0.3, 0.4) is 0 Å². The molecule has 4 heterocycles. The summed E-state index contributed by atoms with van der Waals surface area (Å²) in [6.07, 6.45) is 3.35. The maximum Gasteiger partial charge on any atom is 0.272 e. The monoisotopic (exact) mass is 330 g/mol. The Labute approximate surface area is 140 Å². The molecule has 0 bridgehead atoms. The molecule has 0 saturated heterocycles. The Kier molecular flexibility index (Phi) is 3.64. The quantitative estimate of drug-likeness (QED) is 0.782. The van der Waals surface area contributed by atoms with Crippen molar-refractivity contribution >= 4 is 5.91 Å². The number of aryl methyl sites for hydroxylation is 2. The third-order valence-corrected chi connectivity index (χ3v) is 4.83. The lowest BCUT2D eigenvalue weighted by Crippen LogP contribution is -2.33. The summed E-state index contributed by atoms with van der Waals surface area (Å²) in [5.74, 6) is 0.0298. The topological polar surface area (TPSA) is 78.1 Å². The van der Waals surface area contributed by atoms with Gasteiger partial charge in [-0.05, 0) is 20.3 Å². The van der Waals surface area contributed by atoms with Gasteiger partial charge in [-0.1, -0.05) is 5.21 Å². The van der Waals surface area contributed by atoms with E-state index in [-0.39, 0.29) is 18.1 Å². The molecule has 2 aromatic rings. The number of carbonyl (C=O) groups is 1. The molecule has 2 aliphatic heterocycles. The summed E-state index contributed by atoms with van der Waals surface area (Å²) in [6, 6.07) is 0. The molecule has 0 unspecified atom stereocenters. The van der Waals surface area contributed by atoms with Crippen LogP contribution in [0.25, 0.3) is 0 Å².